The van der Waals surface area contributed by atoms with Gasteiger partial charge in [0.2, 0.25) is 0 Å². The number of likely N-dealkylation sites (N-methyl/N-ethyl adjacent to an activating group) is 1. The van der Waals surface area contributed by atoms with Crippen LogP contribution in [0, 0.1) is 0 Å². The smallest absolute Gasteiger partial charge is 0.271 e. The standard InChI is InChI=1S/C15H20N4O2S/c1-3-19(4-2)13(11-7-8-22-10-11)9-16-15(21)12-5-6-14(20)18-17-12/h5-8,10,13H,3-4,9H2,1-2H3,(H,16,21)(H,18,20)/t13-/m0/s1. The second kappa shape index (κ2) is 7.86. The molecule has 0 fully saturated rings. The highest BCUT2D eigenvalue weighted by Crippen LogP contribution is 2.22. The normalized spacial score (nSPS) is 12.3. The molecule has 2 aromatic heterocycles. The van der Waals surface area contributed by atoms with Gasteiger partial charge in [0.15, 0.2) is 0 Å². The van der Waals surface area contributed by atoms with Crippen LogP contribution >= 0.6 is 11.3 Å². The maximum absolute atomic E-state index is 12.1. The molecule has 0 unspecified atom stereocenters. The number of nitrogens with zero attached hydrogens (tertiary/aromatic N) is 2. The summed E-state index contributed by atoms with van der Waals surface area (Å²) in [5.41, 5.74) is 1.09. The van der Waals surface area contributed by atoms with Crippen LogP contribution in [0.25, 0.3) is 0 Å². The van der Waals surface area contributed by atoms with Crippen molar-refractivity contribution in [1.82, 2.24) is 20.4 Å². The number of hydrogen-bond donors (Lipinski definition) is 2. The Morgan fingerprint density at radius 3 is 2.68 bits per heavy atom. The fourth-order valence-corrected chi connectivity index (χ4v) is 3.04. The third-order valence-corrected chi connectivity index (χ3v) is 4.25. The van der Waals surface area contributed by atoms with Crippen molar-refractivity contribution < 1.29 is 4.79 Å². The van der Waals surface area contributed by atoms with Gasteiger partial charge in [0.05, 0.1) is 6.04 Å². The lowest BCUT2D eigenvalue weighted by Gasteiger charge is -2.29. The lowest BCUT2D eigenvalue weighted by molar-refractivity contribution is 0.0929. The molecule has 6 nitrogen and oxygen atoms in total. The predicted molar refractivity (Wildman–Crippen MR) is 87.2 cm³/mol. The van der Waals surface area contributed by atoms with Gasteiger partial charge in [-0.15, -0.1) is 0 Å². The molecule has 0 aliphatic carbocycles. The minimum atomic E-state index is -0.323. The minimum absolute atomic E-state index is 0.132. The number of carbonyl (C=O) groups is 1. The van der Waals surface area contributed by atoms with Crippen LogP contribution in [0.15, 0.2) is 33.8 Å². The zero-order chi connectivity index (χ0) is 15.9. The zero-order valence-electron chi connectivity index (χ0n) is 12.7. The molecule has 0 spiro atoms. The van der Waals surface area contributed by atoms with E-state index in [1.807, 2.05) is 5.38 Å². The molecular weight excluding hydrogens is 300 g/mol. The van der Waals surface area contributed by atoms with Gasteiger partial charge in [0.1, 0.15) is 5.69 Å². The van der Waals surface area contributed by atoms with E-state index in [-0.39, 0.29) is 23.2 Å². The van der Waals surface area contributed by atoms with Crippen molar-refractivity contribution in [2.24, 2.45) is 0 Å². The predicted octanol–water partition coefficient (Wildman–Crippen LogP) is 1.64. The van der Waals surface area contributed by atoms with Crippen LogP contribution in [0.2, 0.25) is 0 Å². The number of amides is 1. The molecule has 0 aliphatic rings. The maximum Gasteiger partial charge on any atom is 0.271 e. The molecule has 7 heteroatoms. The summed E-state index contributed by atoms with van der Waals surface area (Å²) < 4.78 is 0. The monoisotopic (exact) mass is 320 g/mol. The Hall–Kier alpha value is -1.99. The van der Waals surface area contributed by atoms with Gasteiger partial charge in [-0.2, -0.15) is 16.4 Å². The summed E-state index contributed by atoms with van der Waals surface area (Å²) in [6.07, 6.45) is 0. The molecule has 0 saturated carbocycles. The van der Waals surface area contributed by atoms with E-state index in [0.29, 0.717) is 6.54 Å². The first kappa shape index (κ1) is 16.4. The van der Waals surface area contributed by atoms with Crippen LogP contribution in [0.3, 0.4) is 0 Å². The molecule has 2 heterocycles. The van der Waals surface area contributed by atoms with Crippen molar-refractivity contribution in [1.29, 1.82) is 0 Å². The van der Waals surface area contributed by atoms with Gasteiger partial charge in [-0.05, 0) is 41.5 Å². The minimum Gasteiger partial charge on any atom is -0.349 e. The van der Waals surface area contributed by atoms with Crippen molar-refractivity contribution in [3.05, 3.63) is 50.6 Å². The van der Waals surface area contributed by atoms with E-state index < -0.39 is 0 Å². The van der Waals surface area contributed by atoms with Crippen LogP contribution in [-0.2, 0) is 0 Å². The first-order chi connectivity index (χ1) is 10.7. The molecule has 1 atom stereocenters. The third-order valence-electron chi connectivity index (χ3n) is 3.55. The Morgan fingerprint density at radius 2 is 2.14 bits per heavy atom. The number of aromatic amines is 1. The van der Waals surface area contributed by atoms with Gasteiger partial charge in [-0.3, -0.25) is 14.5 Å². The average Bonchev–Trinajstić information content (AvgIpc) is 3.06. The van der Waals surface area contributed by atoms with E-state index in [2.05, 4.69) is 45.7 Å². The molecular formula is C15H20N4O2S. The number of aromatic nitrogens is 2. The van der Waals surface area contributed by atoms with Crippen molar-refractivity contribution >= 4 is 17.2 Å². The number of thiophene rings is 1. The number of H-pyrrole nitrogens is 1. The van der Waals surface area contributed by atoms with Crippen LogP contribution in [0.5, 0.6) is 0 Å². The van der Waals surface area contributed by atoms with Crippen LogP contribution < -0.4 is 10.9 Å². The second-order valence-corrected chi connectivity index (χ2v) is 5.59. The second-order valence-electron chi connectivity index (χ2n) is 4.81. The molecule has 0 bridgehead atoms. The summed E-state index contributed by atoms with van der Waals surface area (Å²) in [5.74, 6) is -0.288. The lowest BCUT2D eigenvalue weighted by atomic mass is 10.1. The highest BCUT2D eigenvalue weighted by atomic mass is 32.1. The van der Waals surface area contributed by atoms with Gasteiger partial charge in [-0.1, -0.05) is 13.8 Å². The molecule has 0 aliphatic heterocycles. The Bertz CT molecular complexity index is 629. The van der Waals surface area contributed by atoms with Gasteiger partial charge in [-0.25, -0.2) is 5.10 Å². The largest absolute Gasteiger partial charge is 0.349 e. The molecule has 0 aromatic carbocycles. The molecule has 118 valence electrons. The van der Waals surface area contributed by atoms with Crippen LogP contribution in [0.4, 0.5) is 0 Å². The highest BCUT2D eigenvalue weighted by Gasteiger charge is 2.19. The van der Waals surface area contributed by atoms with Crippen molar-refractivity contribution in [2.75, 3.05) is 19.6 Å². The first-order valence-corrected chi connectivity index (χ1v) is 8.20. The number of rotatable bonds is 7. The topological polar surface area (TPSA) is 78.1 Å². The third kappa shape index (κ3) is 4.02. The van der Waals surface area contributed by atoms with E-state index in [1.54, 1.807) is 11.3 Å². The number of nitrogens with one attached hydrogen (secondary N) is 2. The molecule has 2 N–H and O–H groups in total. The molecule has 22 heavy (non-hydrogen) atoms. The van der Waals surface area contributed by atoms with Gasteiger partial charge >= 0.3 is 0 Å². The van der Waals surface area contributed by atoms with E-state index >= 15 is 0 Å². The molecule has 2 aromatic rings. The SMILES string of the molecule is CCN(CC)[C@@H](CNC(=O)c1ccc(=O)[nH]n1)c1ccsc1. The van der Waals surface area contributed by atoms with Crippen molar-refractivity contribution in [3.63, 3.8) is 0 Å². The molecule has 2 rings (SSSR count). The summed E-state index contributed by atoms with van der Waals surface area (Å²) in [7, 11) is 0. The van der Waals surface area contributed by atoms with Crippen LogP contribution in [0.1, 0.15) is 35.9 Å². The average molecular weight is 320 g/mol. The Balaban J connectivity index is 2.06. The molecule has 0 saturated heterocycles. The zero-order valence-corrected chi connectivity index (χ0v) is 13.5. The number of hydrogen-bond acceptors (Lipinski definition) is 5. The Labute approximate surface area is 133 Å². The highest BCUT2D eigenvalue weighted by molar-refractivity contribution is 7.07. The van der Waals surface area contributed by atoms with E-state index in [1.165, 1.54) is 17.7 Å². The first-order valence-electron chi connectivity index (χ1n) is 7.25. The Kier molecular flexibility index (Phi) is 5.85. The summed E-state index contributed by atoms with van der Waals surface area (Å²) in [5, 5.41) is 13.0. The fourth-order valence-electron chi connectivity index (χ4n) is 2.34. The van der Waals surface area contributed by atoms with E-state index in [4.69, 9.17) is 0 Å². The van der Waals surface area contributed by atoms with Crippen molar-refractivity contribution in [2.45, 2.75) is 19.9 Å². The molecule has 1 amide bonds. The summed E-state index contributed by atoms with van der Waals surface area (Å²) in [6, 6.07) is 4.93. The summed E-state index contributed by atoms with van der Waals surface area (Å²) >= 11 is 1.65. The quantitative estimate of drug-likeness (QED) is 0.813. The van der Waals surface area contributed by atoms with Crippen molar-refractivity contribution in [3.8, 4) is 0 Å². The Morgan fingerprint density at radius 1 is 1.36 bits per heavy atom. The number of carbonyl (C=O) groups excluding carboxylic acids is 1. The summed E-state index contributed by atoms with van der Waals surface area (Å²) in [4.78, 5) is 25.4. The van der Waals surface area contributed by atoms with E-state index in [0.717, 1.165) is 13.1 Å². The maximum atomic E-state index is 12.1. The van der Waals surface area contributed by atoms with Gasteiger partial charge < -0.3 is 5.32 Å². The fraction of sp³-hybridized carbons (Fsp3) is 0.400. The summed E-state index contributed by atoms with van der Waals surface area (Å²) in [6.45, 7) is 6.52. The molecule has 0 radical (unpaired) electrons. The lowest BCUT2D eigenvalue weighted by Crippen LogP contribution is -2.38. The van der Waals surface area contributed by atoms with Gasteiger partial charge in [0, 0.05) is 12.6 Å². The van der Waals surface area contributed by atoms with E-state index in [9.17, 15) is 9.59 Å². The van der Waals surface area contributed by atoms with Gasteiger partial charge in [0.25, 0.3) is 11.5 Å². The van der Waals surface area contributed by atoms with Crippen LogP contribution in [-0.4, -0.2) is 40.6 Å².